The molecule has 1 N–H and O–H groups in total. The molecule has 2 nitrogen and oxygen atoms in total. The van der Waals surface area contributed by atoms with E-state index in [1.54, 1.807) is 6.92 Å². The van der Waals surface area contributed by atoms with Gasteiger partial charge in [0.25, 0.3) is 0 Å². The van der Waals surface area contributed by atoms with E-state index in [9.17, 15) is 9.90 Å². The quantitative estimate of drug-likeness (QED) is 0.602. The second-order valence-corrected chi connectivity index (χ2v) is 5.05. The van der Waals surface area contributed by atoms with Gasteiger partial charge in [-0.3, -0.25) is 4.79 Å². The molecule has 14 heavy (non-hydrogen) atoms. The Morgan fingerprint density at radius 3 is 2.14 bits per heavy atom. The zero-order valence-corrected chi connectivity index (χ0v) is 9.51. The molecular weight excluding hydrogens is 176 g/mol. The third kappa shape index (κ3) is 1.89. The molecule has 1 rings (SSSR count). The van der Waals surface area contributed by atoms with Crippen LogP contribution in [-0.4, -0.2) is 10.9 Å². The van der Waals surface area contributed by atoms with Gasteiger partial charge in [0.1, 0.15) is 0 Å². The zero-order valence-electron chi connectivity index (χ0n) is 9.51. The molecule has 78 valence electrons. The maximum absolute atomic E-state index is 11.6. The molecule has 0 radical (unpaired) electrons. The Bertz CT molecular complexity index is 327. The Morgan fingerprint density at radius 1 is 1.36 bits per heavy atom. The highest BCUT2D eigenvalue weighted by Gasteiger charge is 2.32. The minimum atomic E-state index is -0.204. The first-order valence-electron chi connectivity index (χ1n) is 4.91. The SMILES string of the molecule is CC1=C(O)C(=O)/C(=C\C(C)(C)C)C1C. The Kier molecular flexibility index (Phi) is 2.57. The summed E-state index contributed by atoms with van der Waals surface area (Å²) in [5.41, 5.74) is 1.49. The number of hydrogen-bond acceptors (Lipinski definition) is 2. The molecule has 1 atom stereocenters. The van der Waals surface area contributed by atoms with Crippen molar-refractivity contribution in [2.75, 3.05) is 0 Å². The minimum absolute atomic E-state index is 0.0237. The van der Waals surface area contributed by atoms with E-state index in [0.29, 0.717) is 0 Å². The lowest BCUT2D eigenvalue weighted by Crippen LogP contribution is -2.09. The van der Waals surface area contributed by atoms with Crippen LogP contribution in [0.25, 0.3) is 0 Å². The van der Waals surface area contributed by atoms with E-state index < -0.39 is 0 Å². The molecule has 0 aromatic rings. The molecule has 1 unspecified atom stereocenters. The number of aliphatic hydroxyl groups excluding tert-OH is 1. The topological polar surface area (TPSA) is 37.3 Å². The number of carbonyl (C=O) groups excluding carboxylic acids is 1. The second-order valence-electron chi connectivity index (χ2n) is 5.05. The number of rotatable bonds is 0. The third-order valence-electron chi connectivity index (χ3n) is 2.56. The van der Waals surface area contributed by atoms with Crippen LogP contribution < -0.4 is 0 Å². The summed E-state index contributed by atoms with van der Waals surface area (Å²) < 4.78 is 0. The Balaban J connectivity index is 3.10. The molecule has 2 heteroatoms. The first kappa shape index (κ1) is 11.0. The van der Waals surface area contributed by atoms with Gasteiger partial charge in [0.2, 0.25) is 5.78 Å². The molecule has 0 aromatic carbocycles. The van der Waals surface area contributed by atoms with Crippen molar-refractivity contribution in [2.45, 2.75) is 34.6 Å². The minimum Gasteiger partial charge on any atom is -0.504 e. The summed E-state index contributed by atoms with van der Waals surface area (Å²) in [4.78, 5) is 11.6. The number of allylic oxidation sites excluding steroid dienone is 3. The van der Waals surface area contributed by atoms with Gasteiger partial charge >= 0.3 is 0 Å². The zero-order chi connectivity index (χ0) is 11.1. The molecule has 1 aliphatic rings. The Labute approximate surface area is 85.3 Å². The number of Topliss-reactive ketones (excluding diaryl/α,β-unsaturated/α-hetero) is 1. The first-order chi connectivity index (χ1) is 6.24. The Hall–Kier alpha value is -1.05. The largest absolute Gasteiger partial charge is 0.504 e. The lowest BCUT2D eigenvalue weighted by molar-refractivity contribution is -0.114. The summed E-state index contributed by atoms with van der Waals surface area (Å²) in [5, 5.41) is 9.49. The van der Waals surface area contributed by atoms with Gasteiger partial charge in [-0.05, 0) is 17.9 Å². The van der Waals surface area contributed by atoms with Crippen LogP contribution >= 0.6 is 0 Å². The van der Waals surface area contributed by atoms with Crippen molar-refractivity contribution in [2.24, 2.45) is 11.3 Å². The average molecular weight is 194 g/mol. The van der Waals surface area contributed by atoms with Crippen LogP contribution in [0.5, 0.6) is 0 Å². The van der Waals surface area contributed by atoms with Gasteiger partial charge in [0.05, 0.1) is 0 Å². The van der Waals surface area contributed by atoms with Crippen molar-refractivity contribution in [1.82, 2.24) is 0 Å². The van der Waals surface area contributed by atoms with E-state index >= 15 is 0 Å². The van der Waals surface area contributed by atoms with Gasteiger partial charge in [0.15, 0.2) is 5.76 Å². The summed E-state index contributed by atoms with van der Waals surface area (Å²) in [7, 11) is 0. The predicted molar refractivity (Wildman–Crippen MR) is 57.0 cm³/mol. The highest BCUT2D eigenvalue weighted by molar-refractivity contribution is 6.10. The third-order valence-corrected chi connectivity index (χ3v) is 2.56. The molecule has 0 spiro atoms. The molecule has 1 aliphatic carbocycles. The van der Waals surface area contributed by atoms with Crippen LogP contribution in [0.2, 0.25) is 0 Å². The molecule has 0 heterocycles. The lowest BCUT2D eigenvalue weighted by Gasteiger charge is -2.15. The standard InChI is InChI=1S/C12H18O2/c1-7-8(2)10(13)11(14)9(7)6-12(3,4)5/h6-7,13H,1-5H3/b9-6-. The summed E-state index contributed by atoms with van der Waals surface area (Å²) in [6, 6.07) is 0. The maximum Gasteiger partial charge on any atom is 0.223 e. The average Bonchev–Trinajstić information content (AvgIpc) is 2.20. The number of ketones is 1. The molecular formula is C12H18O2. The normalized spacial score (nSPS) is 26.5. The molecule has 0 aromatic heterocycles. The summed E-state index contributed by atoms with van der Waals surface area (Å²) in [6.45, 7) is 9.90. The molecule has 0 amide bonds. The van der Waals surface area contributed by atoms with Crippen molar-refractivity contribution in [3.63, 3.8) is 0 Å². The monoisotopic (exact) mass is 194 g/mol. The van der Waals surface area contributed by atoms with Crippen molar-refractivity contribution >= 4 is 5.78 Å². The number of aliphatic hydroxyl groups is 1. The summed E-state index contributed by atoms with van der Waals surface area (Å²) in [6.07, 6.45) is 1.95. The van der Waals surface area contributed by atoms with Crippen LogP contribution in [0.1, 0.15) is 34.6 Å². The lowest BCUT2D eigenvalue weighted by atomic mass is 9.89. The van der Waals surface area contributed by atoms with Crippen molar-refractivity contribution in [1.29, 1.82) is 0 Å². The van der Waals surface area contributed by atoms with E-state index in [1.165, 1.54) is 0 Å². The van der Waals surface area contributed by atoms with Gasteiger partial charge in [-0.15, -0.1) is 0 Å². The van der Waals surface area contributed by atoms with Crippen molar-refractivity contribution in [3.8, 4) is 0 Å². The second kappa shape index (κ2) is 3.26. The predicted octanol–water partition coefficient (Wildman–Crippen LogP) is 3.01. The smallest absolute Gasteiger partial charge is 0.223 e. The van der Waals surface area contributed by atoms with Crippen LogP contribution in [0.3, 0.4) is 0 Å². The van der Waals surface area contributed by atoms with Crippen LogP contribution in [0, 0.1) is 11.3 Å². The molecule has 0 saturated heterocycles. The molecule has 0 fully saturated rings. The van der Waals surface area contributed by atoms with Crippen LogP contribution in [0.4, 0.5) is 0 Å². The van der Waals surface area contributed by atoms with E-state index in [2.05, 4.69) is 0 Å². The van der Waals surface area contributed by atoms with Crippen LogP contribution in [0.15, 0.2) is 23.0 Å². The summed E-state index contributed by atoms with van der Waals surface area (Å²) in [5.74, 6) is -0.209. The van der Waals surface area contributed by atoms with E-state index in [-0.39, 0.29) is 22.9 Å². The fourth-order valence-corrected chi connectivity index (χ4v) is 1.61. The van der Waals surface area contributed by atoms with Gasteiger partial charge in [-0.25, -0.2) is 0 Å². The molecule has 0 bridgehead atoms. The fourth-order valence-electron chi connectivity index (χ4n) is 1.61. The fraction of sp³-hybridized carbons (Fsp3) is 0.583. The first-order valence-corrected chi connectivity index (χ1v) is 4.91. The van der Waals surface area contributed by atoms with Gasteiger partial charge in [-0.2, -0.15) is 0 Å². The van der Waals surface area contributed by atoms with E-state index in [0.717, 1.165) is 11.1 Å². The van der Waals surface area contributed by atoms with Crippen molar-refractivity contribution < 1.29 is 9.90 Å². The van der Waals surface area contributed by atoms with Gasteiger partial charge in [-0.1, -0.05) is 33.8 Å². The van der Waals surface area contributed by atoms with E-state index in [4.69, 9.17) is 0 Å². The van der Waals surface area contributed by atoms with Gasteiger partial charge in [0, 0.05) is 11.5 Å². The maximum atomic E-state index is 11.6. The van der Waals surface area contributed by atoms with Crippen LogP contribution in [-0.2, 0) is 4.79 Å². The van der Waals surface area contributed by atoms with Crippen molar-refractivity contribution in [3.05, 3.63) is 23.0 Å². The Morgan fingerprint density at radius 2 is 1.86 bits per heavy atom. The highest BCUT2D eigenvalue weighted by atomic mass is 16.3. The summed E-state index contributed by atoms with van der Waals surface area (Å²) >= 11 is 0. The van der Waals surface area contributed by atoms with E-state index in [1.807, 2.05) is 33.8 Å². The number of carbonyl (C=O) groups is 1. The molecule has 0 saturated carbocycles. The highest BCUT2D eigenvalue weighted by Crippen LogP contribution is 2.34. The van der Waals surface area contributed by atoms with Gasteiger partial charge < -0.3 is 5.11 Å². The number of hydrogen-bond donors (Lipinski definition) is 1. The molecule has 0 aliphatic heterocycles.